The van der Waals surface area contributed by atoms with Crippen molar-refractivity contribution in [3.63, 3.8) is 0 Å². The molecule has 0 spiro atoms. The van der Waals surface area contributed by atoms with E-state index in [1.165, 1.54) is 0 Å². The average Bonchev–Trinajstić information content (AvgIpc) is 1.91. The number of carbonyl (C=O) groups excluding carboxylic acids is 1. The molecule has 0 N–H and O–H groups in total. The molecular weight excluding hydrogens is 124 g/mol. The summed E-state index contributed by atoms with van der Waals surface area (Å²) in [6, 6.07) is 0. The van der Waals surface area contributed by atoms with E-state index in [1.54, 1.807) is 12.2 Å². The van der Waals surface area contributed by atoms with Crippen LogP contribution in [0.1, 0.15) is 27.2 Å². The molecule has 0 fully saturated rings. The van der Waals surface area contributed by atoms with E-state index in [4.69, 9.17) is 0 Å². The van der Waals surface area contributed by atoms with Gasteiger partial charge in [-0.25, -0.2) is 0 Å². The lowest BCUT2D eigenvalue weighted by molar-refractivity contribution is -0.111. The highest BCUT2D eigenvalue weighted by Crippen LogP contribution is 2.02. The lowest BCUT2D eigenvalue weighted by Gasteiger charge is -1.94. The molecule has 0 aromatic rings. The van der Waals surface area contributed by atoms with Crippen molar-refractivity contribution in [2.24, 2.45) is 0 Å². The Morgan fingerprint density at radius 3 is 2.30 bits per heavy atom. The lowest BCUT2D eigenvalue weighted by Crippen LogP contribution is -1.95. The summed E-state index contributed by atoms with van der Waals surface area (Å²) in [6.45, 7) is 5.72. The highest BCUT2D eigenvalue weighted by molar-refractivity contribution is 6.03. The van der Waals surface area contributed by atoms with Crippen molar-refractivity contribution < 1.29 is 4.79 Å². The second kappa shape index (κ2) is 4.98. The van der Waals surface area contributed by atoms with Crippen LogP contribution in [-0.2, 0) is 4.79 Å². The van der Waals surface area contributed by atoms with Gasteiger partial charge in [-0.1, -0.05) is 19.1 Å². The molecule has 0 aliphatic heterocycles. The molecule has 0 rings (SSSR count). The molecule has 0 radical (unpaired) electrons. The molecule has 0 atom stereocenters. The zero-order valence-electron chi connectivity index (χ0n) is 6.85. The van der Waals surface area contributed by atoms with E-state index in [1.807, 2.05) is 26.8 Å². The Labute approximate surface area is 62.4 Å². The second-order valence-corrected chi connectivity index (χ2v) is 2.03. The molecule has 0 amide bonds. The van der Waals surface area contributed by atoms with Crippen LogP contribution < -0.4 is 0 Å². The van der Waals surface area contributed by atoms with E-state index < -0.39 is 0 Å². The third-order valence-corrected chi connectivity index (χ3v) is 1.36. The van der Waals surface area contributed by atoms with Crippen molar-refractivity contribution >= 4 is 5.78 Å². The molecule has 0 unspecified atom stereocenters. The molecule has 0 aliphatic rings. The minimum absolute atomic E-state index is 0.132. The number of hydrogen-bond acceptors (Lipinski definition) is 1. The largest absolute Gasteiger partial charge is 0.290 e. The molecule has 56 valence electrons. The second-order valence-electron chi connectivity index (χ2n) is 2.03. The van der Waals surface area contributed by atoms with E-state index in [-0.39, 0.29) is 5.78 Å². The SMILES string of the molecule is C/C=C/C(=O)/C(=C/C)CC. The lowest BCUT2D eigenvalue weighted by atomic mass is 10.1. The first-order valence-corrected chi connectivity index (χ1v) is 3.58. The molecule has 10 heavy (non-hydrogen) atoms. The first-order valence-electron chi connectivity index (χ1n) is 3.58. The smallest absolute Gasteiger partial charge is 0.181 e. The van der Waals surface area contributed by atoms with Gasteiger partial charge < -0.3 is 0 Å². The Morgan fingerprint density at radius 1 is 1.40 bits per heavy atom. The Hall–Kier alpha value is -0.850. The van der Waals surface area contributed by atoms with E-state index in [0.29, 0.717) is 0 Å². The zero-order chi connectivity index (χ0) is 7.98. The van der Waals surface area contributed by atoms with Crippen LogP contribution in [0, 0.1) is 0 Å². The van der Waals surface area contributed by atoms with Crippen LogP contribution >= 0.6 is 0 Å². The van der Waals surface area contributed by atoms with Crippen LogP contribution in [0.15, 0.2) is 23.8 Å². The Morgan fingerprint density at radius 2 is 2.00 bits per heavy atom. The molecule has 0 aromatic carbocycles. The summed E-state index contributed by atoms with van der Waals surface area (Å²) in [7, 11) is 0. The van der Waals surface area contributed by atoms with E-state index in [0.717, 1.165) is 12.0 Å². The van der Waals surface area contributed by atoms with Crippen molar-refractivity contribution in [1.29, 1.82) is 0 Å². The van der Waals surface area contributed by atoms with E-state index >= 15 is 0 Å². The third kappa shape index (κ3) is 2.62. The van der Waals surface area contributed by atoms with Crippen molar-refractivity contribution in [3.05, 3.63) is 23.8 Å². The maximum absolute atomic E-state index is 11.1. The van der Waals surface area contributed by atoms with Gasteiger partial charge in [0.1, 0.15) is 0 Å². The summed E-state index contributed by atoms with van der Waals surface area (Å²) in [5.41, 5.74) is 0.887. The topological polar surface area (TPSA) is 17.1 Å². The van der Waals surface area contributed by atoms with Gasteiger partial charge in [-0.2, -0.15) is 0 Å². The fourth-order valence-electron chi connectivity index (χ4n) is 0.779. The molecule has 0 bridgehead atoms. The zero-order valence-corrected chi connectivity index (χ0v) is 6.85. The number of ketones is 1. The van der Waals surface area contributed by atoms with Gasteiger partial charge in [-0.05, 0) is 31.9 Å². The van der Waals surface area contributed by atoms with Gasteiger partial charge in [0.05, 0.1) is 0 Å². The number of allylic oxidation sites excluding steroid dienone is 4. The van der Waals surface area contributed by atoms with Gasteiger partial charge in [-0.3, -0.25) is 4.79 Å². The molecule has 0 saturated carbocycles. The fourth-order valence-corrected chi connectivity index (χ4v) is 0.779. The van der Waals surface area contributed by atoms with Crippen LogP contribution in [0.5, 0.6) is 0 Å². The average molecular weight is 138 g/mol. The quantitative estimate of drug-likeness (QED) is 0.547. The first-order chi connectivity index (χ1) is 4.76. The summed E-state index contributed by atoms with van der Waals surface area (Å²) in [5.74, 6) is 0.132. The molecule has 1 heteroatoms. The van der Waals surface area contributed by atoms with Gasteiger partial charge in [0, 0.05) is 0 Å². The highest BCUT2D eigenvalue weighted by atomic mass is 16.1. The Bertz CT molecular complexity index is 164. The number of carbonyl (C=O) groups is 1. The van der Waals surface area contributed by atoms with Crippen molar-refractivity contribution in [2.45, 2.75) is 27.2 Å². The van der Waals surface area contributed by atoms with Crippen molar-refractivity contribution in [3.8, 4) is 0 Å². The van der Waals surface area contributed by atoms with Gasteiger partial charge in [0.2, 0.25) is 0 Å². The number of rotatable bonds is 3. The van der Waals surface area contributed by atoms with Crippen molar-refractivity contribution in [2.75, 3.05) is 0 Å². The van der Waals surface area contributed by atoms with Crippen LogP contribution in [0.25, 0.3) is 0 Å². The molecule has 0 aliphatic carbocycles. The predicted octanol–water partition coefficient (Wildman–Crippen LogP) is 2.49. The predicted molar refractivity (Wildman–Crippen MR) is 43.9 cm³/mol. The summed E-state index contributed by atoms with van der Waals surface area (Å²) in [6.07, 6.45) is 6.04. The van der Waals surface area contributed by atoms with Crippen LogP contribution in [0.2, 0.25) is 0 Å². The minimum Gasteiger partial charge on any atom is -0.290 e. The number of hydrogen-bond donors (Lipinski definition) is 0. The van der Waals surface area contributed by atoms with Crippen LogP contribution in [-0.4, -0.2) is 5.78 Å². The fraction of sp³-hybridized carbons (Fsp3) is 0.444. The summed E-state index contributed by atoms with van der Waals surface area (Å²) >= 11 is 0. The van der Waals surface area contributed by atoms with Gasteiger partial charge in [0.15, 0.2) is 5.78 Å². The van der Waals surface area contributed by atoms with Gasteiger partial charge in [-0.15, -0.1) is 0 Å². The Balaban J connectivity index is 4.18. The highest BCUT2D eigenvalue weighted by Gasteiger charge is 1.99. The minimum atomic E-state index is 0.132. The summed E-state index contributed by atoms with van der Waals surface area (Å²) < 4.78 is 0. The molecule has 0 saturated heterocycles. The van der Waals surface area contributed by atoms with E-state index in [2.05, 4.69) is 0 Å². The summed E-state index contributed by atoms with van der Waals surface area (Å²) in [4.78, 5) is 11.1. The molecule has 1 nitrogen and oxygen atoms in total. The monoisotopic (exact) mass is 138 g/mol. The maximum Gasteiger partial charge on any atom is 0.181 e. The van der Waals surface area contributed by atoms with Gasteiger partial charge >= 0.3 is 0 Å². The summed E-state index contributed by atoms with van der Waals surface area (Å²) in [5, 5.41) is 0. The maximum atomic E-state index is 11.1. The normalized spacial score (nSPS) is 12.5. The van der Waals surface area contributed by atoms with E-state index in [9.17, 15) is 4.79 Å². The van der Waals surface area contributed by atoms with Gasteiger partial charge in [0.25, 0.3) is 0 Å². The molecule has 0 heterocycles. The Kier molecular flexibility index (Phi) is 4.55. The van der Waals surface area contributed by atoms with Crippen molar-refractivity contribution in [1.82, 2.24) is 0 Å². The third-order valence-electron chi connectivity index (χ3n) is 1.36. The van der Waals surface area contributed by atoms with Crippen LogP contribution in [0.3, 0.4) is 0 Å². The molecule has 0 aromatic heterocycles. The molecular formula is C9H14O. The van der Waals surface area contributed by atoms with Crippen LogP contribution in [0.4, 0.5) is 0 Å². The standard InChI is InChI=1S/C9H14O/c1-4-7-9(10)8(5-2)6-3/h4-5,7H,6H2,1-3H3/b7-4+,8-5+. The first kappa shape index (κ1) is 9.15.